The molecule has 0 radical (unpaired) electrons. The molecule has 1 aromatic rings. The summed E-state index contributed by atoms with van der Waals surface area (Å²) in [6, 6.07) is 3.40. The van der Waals surface area contributed by atoms with Gasteiger partial charge in [-0.05, 0) is 47.2 Å². The Morgan fingerprint density at radius 1 is 1.65 bits per heavy atom. The Morgan fingerprint density at radius 2 is 2.35 bits per heavy atom. The Labute approximate surface area is 113 Å². The Balaban J connectivity index is 2.93. The van der Waals surface area contributed by atoms with Crippen LogP contribution >= 0.6 is 22.6 Å². The number of ether oxygens (including phenoxy) is 1. The minimum atomic E-state index is -0.236. The van der Waals surface area contributed by atoms with Crippen molar-refractivity contribution in [3.8, 4) is 11.5 Å². The molecule has 0 atom stereocenters. The van der Waals surface area contributed by atoms with Crippen molar-refractivity contribution in [3.05, 3.63) is 21.3 Å². The number of amides is 1. The summed E-state index contributed by atoms with van der Waals surface area (Å²) in [7, 11) is 0. The van der Waals surface area contributed by atoms with Crippen LogP contribution in [0, 0.1) is 3.57 Å². The molecule has 1 amide bonds. The van der Waals surface area contributed by atoms with Crippen LogP contribution in [0.5, 0.6) is 11.5 Å². The lowest BCUT2D eigenvalue weighted by Crippen LogP contribution is -2.12. The van der Waals surface area contributed by atoms with Crippen LogP contribution in [-0.2, 0) is 4.79 Å². The summed E-state index contributed by atoms with van der Waals surface area (Å²) in [5.41, 5.74) is 3.04. The number of nitrogens with zero attached hydrogens (tertiary/aromatic N) is 1. The van der Waals surface area contributed by atoms with Gasteiger partial charge in [0.25, 0.3) is 0 Å². The summed E-state index contributed by atoms with van der Waals surface area (Å²) in [5.74, 6) is 0.285. The quantitative estimate of drug-likeness (QED) is 0.496. The molecule has 5 nitrogen and oxygen atoms in total. The number of carbonyl (C=O) groups is 1. The third-order valence-electron chi connectivity index (χ3n) is 1.79. The molecular formula is C11H13IN2O3. The number of aromatic hydroxyl groups is 1. The van der Waals surface area contributed by atoms with Crippen LogP contribution in [0.1, 0.15) is 19.4 Å². The van der Waals surface area contributed by atoms with Crippen molar-refractivity contribution in [2.75, 3.05) is 6.61 Å². The molecular weight excluding hydrogens is 335 g/mol. The molecule has 0 saturated heterocycles. The topological polar surface area (TPSA) is 70.9 Å². The van der Waals surface area contributed by atoms with Crippen molar-refractivity contribution >= 4 is 34.7 Å². The van der Waals surface area contributed by atoms with Crippen LogP contribution in [-0.4, -0.2) is 23.8 Å². The fourth-order valence-corrected chi connectivity index (χ4v) is 1.76. The lowest BCUT2D eigenvalue weighted by molar-refractivity contribution is -0.118. The van der Waals surface area contributed by atoms with Gasteiger partial charge in [-0.3, -0.25) is 4.79 Å². The Bertz CT molecular complexity index is 447. The SMILES string of the molecule is CCOc1cc(C=NNC(C)=O)cc(I)c1O. The molecule has 6 heteroatoms. The van der Waals surface area contributed by atoms with Crippen LogP contribution in [0.4, 0.5) is 0 Å². The van der Waals surface area contributed by atoms with E-state index in [4.69, 9.17) is 4.74 Å². The molecule has 0 saturated carbocycles. The number of nitrogens with one attached hydrogen (secondary N) is 1. The van der Waals surface area contributed by atoms with Crippen molar-refractivity contribution in [2.24, 2.45) is 5.10 Å². The van der Waals surface area contributed by atoms with E-state index in [9.17, 15) is 9.90 Å². The zero-order valence-corrected chi connectivity index (χ0v) is 11.7. The predicted molar refractivity (Wildman–Crippen MR) is 73.4 cm³/mol. The summed E-state index contributed by atoms with van der Waals surface area (Å²) >= 11 is 2.00. The van der Waals surface area contributed by atoms with Gasteiger partial charge >= 0.3 is 0 Å². The van der Waals surface area contributed by atoms with Gasteiger partial charge in [0.2, 0.25) is 5.91 Å². The van der Waals surface area contributed by atoms with E-state index in [-0.39, 0.29) is 11.7 Å². The molecule has 1 rings (SSSR count). The van der Waals surface area contributed by atoms with E-state index in [1.54, 1.807) is 12.1 Å². The van der Waals surface area contributed by atoms with Gasteiger partial charge in [-0.15, -0.1) is 0 Å². The molecule has 0 bridgehead atoms. The third-order valence-corrected chi connectivity index (χ3v) is 2.61. The first kappa shape index (κ1) is 13.8. The number of phenolic OH excluding ortho intramolecular Hbond substituents is 1. The number of carbonyl (C=O) groups excluding carboxylic acids is 1. The van der Waals surface area contributed by atoms with Gasteiger partial charge < -0.3 is 9.84 Å². The van der Waals surface area contributed by atoms with Gasteiger partial charge in [-0.2, -0.15) is 5.10 Å². The maximum atomic E-state index is 10.6. The molecule has 1 aromatic carbocycles. The third kappa shape index (κ3) is 4.22. The van der Waals surface area contributed by atoms with Crippen molar-refractivity contribution in [1.29, 1.82) is 0 Å². The van der Waals surface area contributed by atoms with Gasteiger partial charge in [0, 0.05) is 6.92 Å². The van der Waals surface area contributed by atoms with Crippen molar-refractivity contribution < 1.29 is 14.6 Å². The highest BCUT2D eigenvalue weighted by Gasteiger charge is 2.07. The second-order valence-corrected chi connectivity index (χ2v) is 4.37. The summed E-state index contributed by atoms with van der Waals surface area (Å²) in [5, 5.41) is 13.5. The van der Waals surface area contributed by atoms with E-state index in [0.717, 1.165) is 5.56 Å². The fourth-order valence-electron chi connectivity index (χ4n) is 1.13. The molecule has 17 heavy (non-hydrogen) atoms. The first-order valence-electron chi connectivity index (χ1n) is 4.99. The van der Waals surface area contributed by atoms with Crippen LogP contribution in [0.3, 0.4) is 0 Å². The largest absolute Gasteiger partial charge is 0.504 e. The lowest BCUT2D eigenvalue weighted by Gasteiger charge is -2.08. The van der Waals surface area contributed by atoms with E-state index >= 15 is 0 Å². The molecule has 0 unspecified atom stereocenters. The monoisotopic (exact) mass is 348 g/mol. The van der Waals surface area contributed by atoms with Gasteiger partial charge in [-0.25, -0.2) is 5.43 Å². The number of hydrogen-bond acceptors (Lipinski definition) is 4. The van der Waals surface area contributed by atoms with Gasteiger partial charge in [0.15, 0.2) is 11.5 Å². The van der Waals surface area contributed by atoms with Crippen LogP contribution < -0.4 is 10.2 Å². The minimum Gasteiger partial charge on any atom is -0.504 e. The molecule has 0 spiro atoms. The maximum absolute atomic E-state index is 10.6. The average molecular weight is 348 g/mol. The van der Waals surface area contributed by atoms with Crippen molar-refractivity contribution in [3.63, 3.8) is 0 Å². The maximum Gasteiger partial charge on any atom is 0.236 e. The zero-order valence-electron chi connectivity index (χ0n) is 9.53. The number of halogens is 1. The fraction of sp³-hybridized carbons (Fsp3) is 0.273. The van der Waals surface area contributed by atoms with E-state index < -0.39 is 0 Å². The second kappa shape index (κ2) is 6.43. The molecule has 0 fully saturated rings. The Morgan fingerprint density at radius 3 is 2.94 bits per heavy atom. The number of hydrazone groups is 1. The van der Waals surface area contributed by atoms with Crippen LogP contribution in [0.25, 0.3) is 0 Å². The standard InChI is InChI=1S/C11H13IN2O3/c1-3-17-10-5-8(4-9(12)11(10)16)6-13-14-7(2)15/h4-6,16H,3H2,1-2H3,(H,14,15). The average Bonchev–Trinajstić information content (AvgIpc) is 2.25. The Hall–Kier alpha value is -1.31. The van der Waals surface area contributed by atoms with Gasteiger partial charge in [0.1, 0.15) is 0 Å². The predicted octanol–water partition coefficient (Wildman–Crippen LogP) is 1.87. The first-order chi connectivity index (χ1) is 8.04. The van der Waals surface area contributed by atoms with E-state index in [0.29, 0.717) is 15.9 Å². The number of phenols is 1. The minimum absolute atomic E-state index is 0.115. The summed E-state index contributed by atoms with van der Waals surface area (Å²) in [6.07, 6.45) is 1.49. The van der Waals surface area contributed by atoms with Crippen molar-refractivity contribution in [2.45, 2.75) is 13.8 Å². The normalized spacial score (nSPS) is 10.5. The smallest absolute Gasteiger partial charge is 0.236 e. The van der Waals surface area contributed by atoms with E-state index in [1.165, 1.54) is 13.1 Å². The summed E-state index contributed by atoms with van der Waals surface area (Å²) < 4.78 is 5.95. The molecule has 0 aliphatic heterocycles. The van der Waals surface area contributed by atoms with E-state index in [2.05, 4.69) is 10.5 Å². The summed E-state index contributed by atoms with van der Waals surface area (Å²) in [4.78, 5) is 10.6. The molecule has 92 valence electrons. The zero-order chi connectivity index (χ0) is 12.8. The highest BCUT2D eigenvalue weighted by molar-refractivity contribution is 14.1. The van der Waals surface area contributed by atoms with Gasteiger partial charge in [-0.1, -0.05) is 0 Å². The van der Waals surface area contributed by atoms with Crippen molar-refractivity contribution in [1.82, 2.24) is 5.43 Å². The second-order valence-electron chi connectivity index (χ2n) is 3.21. The highest BCUT2D eigenvalue weighted by atomic mass is 127. The summed E-state index contributed by atoms with van der Waals surface area (Å²) in [6.45, 7) is 3.68. The first-order valence-corrected chi connectivity index (χ1v) is 6.07. The van der Waals surface area contributed by atoms with Crippen LogP contribution in [0.2, 0.25) is 0 Å². The number of hydrogen-bond donors (Lipinski definition) is 2. The molecule has 0 aliphatic carbocycles. The van der Waals surface area contributed by atoms with E-state index in [1.807, 2.05) is 29.5 Å². The molecule has 0 heterocycles. The Kier molecular flexibility index (Phi) is 5.20. The highest BCUT2D eigenvalue weighted by Crippen LogP contribution is 2.32. The van der Waals surface area contributed by atoms with Crippen LogP contribution in [0.15, 0.2) is 17.2 Å². The number of rotatable bonds is 4. The number of benzene rings is 1. The molecule has 0 aromatic heterocycles. The molecule has 2 N–H and O–H groups in total. The van der Waals surface area contributed by atoms with Gasteiger partial charge in [0.05, 0.1) is 16.4 Å². The lowest BCUT2D eigenvalue weighted by atomic mass is 10.2. The molecule has 0 aliphatic rings.